The summed E-state index contributed by atoms with van der Waals surface area (Å²) in [5.41, 5.74) is 2.60. The van der Waals surface area contributed by atoms with Crippen molar-refractivity contribution in [1.82, 2.24) is 14.5 Å². The van der Waals surface area contributed by atoms with Gasteiger partial charge < -0.3 is 14.2 Å². The number of amides is 1. The zero-order valence-corrected chi connectivity index (χ0v) is 15.4. The van der Waals surface area contributed by atoms with Crippen molar-refractivity contribution in [2.24, 2.45) is 5.92 Å². The highest BCUT2D eigenvalue weighted by Crippen LogP contribution is 2.22. The van der Waals surface area contributed by atoms with Gasteiger partial charge in [0.15, 0.2) is 0 Å². The minimum absolute atomic E-state index is 0.0746. The van der Waals surface area contributed by atoms with E-state index in [1.807, 2.05) is 17.2 Å². The number of aromatic nitrogens is 2. The summed E-state index contributed by atoms with van der Waals surface area (Å²) in [5.74, 6) is 0.847. The number of pyridine rings is 1. The summed E-state index contributed by atoms with van der Waals surface area (Å²) in [6, 6.07) is 4.01. The number of unbranched alkanes of at least 4 members (excludes halogenated alkanes) is 2. The molecule has 1 aliphatic heterocycles. The Morgan fingerprint density at radius 1 is 1.24 bits per heavy atom. The predicted octanol–water partition coefficient (Wildman–Crippen LogP) is 3.73. The number of fused-ring (bicyclic) bond motifs is 1. The number of ether oxygens (including phenoxy) is 1. The van der Waals surface area contributed by atoms with E-state index in [2.05, 4.69) is 29.5 Å². The maximum absolute atomic E-state index is 12.9. The number of carbonyl (C=O) groups excluding carboxylic acids is 1. The standard InChI is InChI=1S/C20H29N3O2/c1-16(2)7-4-3-5-10-23-15-17(19-18(23)8-6-9-21-19)20(24)22-11-13-25-14-12-22/h6,8-9,15-16H,3-5,7,10-14H2,1-2H3. The zero-order chi connectivity index (χ0) is 17.6. The van der Waals surface area contributed by atoms with Crippen molar-refractivity contribution >= 4 is 16.9 Å². The third-order valence-electron chi connectivity index (χ3n) is 4.85. The molecule has 1 fully saturated rings. The molecule has 2 aromatic rings. The Bertz CT molecular complexity index is 702. The summed E-state index contributed by atoms with van der Waals surface area (Å²) in [5, 5.41) is 0. The predicted molar refractivity (Wildman–Crippen MR) is 99.8 cm³/mol. The summed E-state index contributed by atoms with van der Waals surface area (Å²) >= 11 is 0. The van der Waals surface area contributed by atoms with Crippen LogP contribution in [0.5, 0.6) is 0 Å². The maximum Gasteiger partial charge on any atom is 0.257 e. The highest BCUT2D eigenvalue weighted by molar-refractivity contribution is 6.05. The van der Waals surface area contributed by atoms with Gasteiger partial charge >= 0.3 is 0 Å². The molecular formula is C20H29N3O2. The van der Waals surface area contributed by atoms with E-state index in [0.717, 1.165) is 35.5 Å². The Kier molecular flexibility index (Phi) is 6.08. The van der Waals surface area contributed by atoms with E-state index in [4.69, 9.17) is 4.74 Å². The van der Waals surface area contributed by atoms with Crippen molar-refractivity contribution in [2.75, 3.05) is 26.3 Å². The van der Waals surface area contributed by atoms with Crippen LogP contribution in [0, 0.1) is 5.92 Å². The average Bonchev–Trinajstić information content (AvgIpc) is 3.00. The molecule has 0 radical (unpaired) electrons. The number of rotatable bonds is 7. The summed E-state index contributed by atoms with van der Waals surface area (Å²) < 4.78 is 7.56. The fraction of sp³-hybridized carbons (Fsp3) is 0.600. The van der Waals surface area contributed by atoms with Crippen molar-refractivity contribution in [3.63, 3.8) is 0 Å². The summed E-state index contributed by atoms with van der Waals surface area (Å²) in [7, 11) is 0. The molecule has 5 heteroatoms. The molecule has 3 rings (SSSR count). The number of hydrogen-bond donors (Lipinski definition) is 0. The zero-order valence-electron chi connectivity index (χ0n) is 15.4. The van der Waals surface area contributed by atoms with Gasteiger partial charge in [0.25, 0.3) is 5.91 Å². The van der Waals surface area contributed by atoms with Crippen molar-refractivity contribution < 1.29 is 9.53 Å². The number of hydrogen-bond acceptors (Lipinski definition) is 3. The normalized spacial score (nSPS) is 15.2. The second-order valence-electron chi connectivity index (χ2n) is 7.26. The molecule has 136 valence electrons. The summed E-state index contributed by atoms with van der Waals surface area (Å²) in [6.07, 6.45) is 8.69. The van der Waals surface area contributed by atoms with Crippen LogP contribution >= 0.6 is 0 Å². The van der Waals surface area contributed by atoms with Gasteiger partial charge in [-0.1, -0.05) is 33.1 Å². The number of nitrogens with zero attached hydrogens (tertiary/aromatic N) is 3. The van der Waals surface area contributed by atoms with E-state index >= 15 is 0 Å². The first-order chi connectivity index (χ1) is 12.2. The lowest BCUT2D eigenvalue weighted by molar-refractivity contribution is 0.0304. The molecule has 0 spiro atoms. The van der Waals surface area contributed by atoms with Gasteiger partial charge in [0.2, 0.25) is 0 Å². The smallest absolute Gasteiger partial charge is 0.257 e. The lowest BCUT2D eigenvalue weighted by atomic mass is 10.1. The third-order valence-corrected chi connectivity index (χ3v) is 4.85. The molecule has 1 amide bonds. The van der Waals surface area contributed by atoms with Crippen molar-refractivity contribution in [3.05, 3.63) is 30.1 Å². The van der Waals surface area contributed by atoms with Gasteiger partial charge in [0.1, 0.15) is 5.52 Å². The van der Waals surface area contributed by atoms with Crippen LogP contribution in [0.4, 0.5) is 0 Å². The Balaban J connectivity index is 1.72. The van der Waals surface area contributed by atoms with Crippen molar-refractivity contribution in [1.29, 1.82) is 0 Å². The van der Waals surface area contributed by atoms with Crippen molar-refractivity contribution in [3.8, 4) is 0 Å². The largest absolute Gasteiger partial charge is 0.378 e. The van der Waals surface area contributed by atoms with E-state index in [1.165, 1.54) is 19.3 Å². The first-order valence-electron chi connectivity index (χ1n) is 9.47. The first-order valence-corrected chi connectivity index (χ1v) is 9.47. The molecule has 25 heavy (non-hydrogen) atoms. The van der Waals surface area contributed by atoms with E-state index in [1.54, 1.807) is 6.20 Å². The molecule has 0 aliphatic carbocycles. The highest BCUT2D eigenvalue weighted by atomic mass is 16.5. The minimum atomic E-state index is 0.0746. The summed E-state index contributed by atoms with van der Waals surface area (Å²) in [6.45, 7) is 8.04. The molecule has 3 heterocycles. The molecule has 0 saturated carbocycles. The van der Waals surface area contributed by atoms with Crippen LogP contribution in [-0.2, 0) is 11.3 Å². The second kappa shape index (κ2) is 8.48. The molecular weight excluding hydrogens is 314 g/mol. The van der Waals surface area contributed by atoms with Crippen molar-refractivity contribution in [2.45, 2.75) is 46.1 Å². The lowest BCUT2D eigenvalue weighted by Crippen LogP contribution is -2.40. The molecule has 0 unspecified atom stereocenters. The Labute approximate surface area is 150 Å². The topological polar surface area (TPSA) is 47.4 Å². The second-order valence-corrected chi connectivity index (χ2v) is 7.26. The Morgan fingerprint density at radius 2 is 2.04 bits per heavy atom. The monoisotopic (exact) mass is 343 g/mol. The van der Waals surface area contributed by atoms with E-state index < -0.39 is 0 Å². The van der Waals surface area contributed by atoms with Gasteiger partial charge in [-0.15, -0.1) is 0 Å². The quantitative estimate of drug-likeness (QED) is 0.720. The van der Waals surface area contributed by atoms with Crippen LogP contribution < -0.4 is 0 Å². The van der Waals surface area contributed by atoms with Crippen LogP contribution in [0.15, 0.2) is 24.5 Å². The van der Waals surface area contributed by atoms with Gasteiger partial charge in [0.05, 0.1) is 24.3 Å². The van der Waals surface area contributed by atoms with Crippen LogP contribution in [0.25, 0.3) is 11.0 Å². The SMILES string of the molecule is CC(C)CCCCCn1cc(C(=O)N2CCOCC2)c2ncccc21. The minimum Gasteiger partial charge on any atom is -0.378 e. The molecule has 0 bridgehead atoms. The van der Waals surface area contributed by atoms with Crippen LogP contribution in [0.2, 0.25) is 0 Å². The summed E-state index contributed by atoms with van der Waals surface area (Å²) in [4.78, 5) is 19.3. The van der Waals surface area contributed by atoms with Crippen LogP contribution in [0.1, 0.15) is 49.9 Å². The van der Waals surface area contributed by atoms with Gasteiger partial charge in [0, 0.05) is 32.0 Å². The van der Waals surface area contributed by atoms with Gasteiger partial charge in [-0.2, -0.15) is 0 Å². The van der Waals surface area contributed by atoms with Crippen LogP contribution in [0.3, 0.4) is 0 Å². The molecule has 0 atom stereocenters. The maximum atomic E-state index is 12.9. The molecule has 0 aromatic carbocycles. The van der Waals surface area contributed by atoms with Gasteiger partial charge in [-0.05, 0) is 24.5 Å². The highest BCUT2D eigenvalue weighted by Gasteiger charge is 2.23. The molecule has 5 nitrogen and oxygen atoms in total. The molecule has 2 aromatic heterocycles. The fourth-order valence-electron chi connectivity index (χ4n) is 3.41. The molecule has 0 N–H and O–H groups in total. The average molecular weight is 343 g/mol. The van der Waals surface area contributed by atoms with E-state index in [0.29, 0.717) is 26.3 Å². The number of aryl methyl sites for hydroxylation is 1. The van der Waals surface area contributed by atoms with E-state index in [-0.39, 0.29) is 5.91 Å². The van der Waals surface area contributed by atoms with E-state index in [9.17, 15) is 4.79 Å². The lowest BCUT2D eigenvalue weighted by Gasteiger charge is -2.26. The first kappa shape index (κ1) is 17.9. The molecule has 1 aliphatic rings. The Hall–Kier alpha value is -1.88. The van der Waals surface area contributed by atoms with Gasteiger partial charge in [-0.25, -0.2) is 0 Å². The fourth-order valence-corrected chi connectivity index (χ4v) is 3.41. The van der Waals surface area contributed by atoms with Gasteiger partial charge in [-0.3, -0.25) is 9.78 Å². The molecule has 1 saturated heterocycles. The number of morpholine rings is 1. The van der Waals surface area contributed by atoms with Crippen LogP contribution in [-0.4, -0.2) is 46.7 Å². The number of carbonyl (C=O) groups is 1. The third kappa shape index (κ3) is 4.40. The Morgan fingerprint density at radius 3 is 2.80 bits per heavy atom.